The molecule has 0 saturated heterocycles. The van der Waals surface area contributed by atoms with E-state index in [9.17, 15) is 9.18 Å². The number of imidazole rings is 1. The molecule has 0 spiro atoms. The predicted molar refractivity (Wildman–Crippen MR) is 109 cm³/mol. The van der Waals surface area contributed by atoms with Crippen LogP contribution in [-0.2, 0) is 6.54 Å². The number of aromatic amines is 1. The Morgan fingerprint density at radius 3 is 2.72 bits per heavy atom. The molecule has 0 amide bonds. The summed E-state index contributed by atoms with van der Waals surface area (Å²) in [5.74, 6) is 0.944. The molecule has 0 bridgehead atoms. The standard InChI is InChI=1S/C22H20FN3O3/c1-3-29-20-9-14(7-8-19(20)28-2)13-26-21-18(25-22(26)27)11-16(12-24-21)15-5-4-6-17(23)10-15/h4-12H,3,13H2,1-2H3,(H,25,27). The minimum Gasteiger partial charge on any atom is -0.493 e. The first-order valence-electron chi connectivity index (χ1n) is 9.23. The van der Waals surface area contributed by atoms with Crippen molar-refractivity contribution >= 4 is 11.2 Å². The van der Waals surface area contributed by atoms with E-state index in [1.54, 1.807) is 36.1 Å². The number of H-pyrrole nitrogens is 1. The summed E-state index contributed by atoms with van der Waals surface area (Å²) in [5.41, 5.74) is 3.17. The van der Waals surface area contributed by atoms with Gasteiger partial charge >= 0.3 is 5.69 Å². The van der Waals surface area contributed by atoms with Gasteiger partial charge in [0.1, 0.15) is 5.82 Å². The number of hydrogen-bond acceptors (Lipinski definition) is 4. The molecule has 6 nitrogen and oxygen atoms in total. The van der Waals surface area contributed by atoms with Crippen LogP contribution in [0.1, 0.15) is 12.5 Å². The average Bonchev–Trinajstić information content (AvgIpc) is 3.03. The first kappa shape index (κ1) is 18.7. The number of halogens is 1. The van der Waals surface area contributed by atoms with Gasteiger partial charge in [0, 0.05) is 11.8 Å². The first-order chi connectivity index (χ1) is 14.1. The van der Waals surface area contributed by atoms with Crippen molar-refractivity contribution in [1.82, 2.24) is 14.5 Å². The number of nitrogens with zero attached hydrogens (tertiary/aromatic N) is 2. The van der Waals surface area contributed by atoms with E-state index in [2.05, 4.69) is 9.97 Å². The molecule has 148 valence electrons. The van der Waals surface area contributed by atoms with Crippen LogP contribution in [0.5, 0.6) is 11.5 Å². The number of pyridine rings is 1. The Kier molecular flexibility index (Phi) is 5.03. The Hall–Kier alpha value is -3.61. The summed E-state index contributed by atoms with van der Waals surface area (Å²) in [6, 6.07) is 13.6. The predicted octanol–water partition coefficient (Wildman–Crippen LogP) is 3.99. The minimum absolute atomic E-state index is 0.266. The lowest BCUT2D eigenvalue weighted by atomic mass is 10.1. The van der Waals surface area contributed by atoms with Crippen LogP contribution < -0.4 is 15.2 Å². The van der Waals surface area contributed by atoms with E-state index in [1.165, 1.54) is 12.1 Å². The number of benzene rings is 2. The van der Waals surface area contributed by atoms with Crippen LogP contribution >= 0.6 is 0 Å². The van der Waals surface area contributed by atoms with Crippen molar-refractivity contribution in [2.24, 2.45) is 0 Å². The van der Waals surface area contributed by atoms with E-state index in [4.69, 9.17) is 9.47 Å². The van der Waals surface area contributed by atoms with E-state index in [0.29, 0.717) is 41.4 Å². The quantitative estimate of drug-likeness (QED) is 0.538. The van der Waals surface area contributed by atoms with E-state index >= 15 is 0 Å². The summed E-state index contributed by atoms with van der Waals surface area (Å²) < 4.78 is 26.0. The Labute approximate surface area is 166 Å². The molecule has 0 saturated carbocycles. The number of methoxy groups -OCH3 is 1. The van der Waals surface area contributed by atoms with Crippen LogP contribution in [0.15, 0.2) is 59.5 Å². The maximum Gasteiger partial charge on any atom is 0.327 e. The van der Waals surface area contributed by atoms with Gasteiger partial charge in [-0.2, -0.15) is 0 Å². The maximum absolute atomic E-state index is 13.5. The molecule has 7 heteroatoms. The van der Waals surface area contributed by atoms with Crippen LogP contribution in [-0.4, -0.2) is 28.3 Å². The number of ether oxygens (including phenoxy) is 2. The second-order valence-corrected chi connectivity index (χ2v) is 6.54. The molecule has 1 N–H and O–H groups in total. The second kappa shape index (κ2) is 7.79. The van der Waals surface area contributed by atoms with Crippen molar-refractivity contribution in [2.45, 2.75) is 13.5 Å². The Morgan fingerprint density at radius 1 is 1.10 bits per heavy atom. The van der Waals surface area contributed by atoms with Gasteiger partial charge in [0.2, 0.25) is 0 Å². The smallest absolute Gasteiger partial charge is 0.327 e. The highest BCUT2D eigenvalue weighted by Gasteiger charge is 2.12. The van der Waals surface area contributed by atoms with Crippen LogP contribution in [0, 0.1) is 5.82 Å². The van der Waals surface area contributed by atoms with Gasteiger partial charge in [-0.1, -0.05) is 18.2 Å². The molecule has 29 heavy (non-hydrogen) atoms. The molecule has 4 rings (SSSR count). The molecule has 0 radical (unpaired) electrons. The van der Waals surface area contributed by atoms with Crippen molar-refractivity contribution in [3.05, 3.63) is 76.6 Å². The molecule has 0 aliphatic heterocycles. The Morgan fingerprint density at radius 2 is 1.97 bits per heavy atom. The SMILES string of the molecule is CCOc1cc(Cn2c(=O)[nH]c3cc(-c4cccc(F)c4)cnc32)ccc1OC. The molecule has 2 aromatic carbocycles. The molecular weight excluding hydrogens is 373 g/mol. The van der Waals surface area contributed by atoms with Gasteiger partial charge in [-0.15, -0.1) is 0 Å². The van der Waals surface area contributed by atoms with Gasteiger partial charge in [0.05, 0.1) is 25.8 Å². The van der Waals surface area contributed by atoms with E-state index < -0.39 is 0 Å². The molecule has 0 fully saturated rings. The summed E-state index contributed by atoms with van der Waals surface area (Å²) in [5, 5.41) is 0. The summed E-state index contributed by atoms with van der Waals surface area (Å²) in [4.78, 5) is 19.8. The van der Waals surface area contributed by atoms with Crippen LogP contribution in [0.3, 0.4) is 0 Å². The molecule has 0 unspecified atom stereocenters. The second-order valence-electron chi connectivity index (χ2n) is 6.54. The lowest BCUT2D eigenvalue weighted by Crippen LogP contribution is -2.17. The lowest BCUT2D eigenvalue weighted by Gasteiger charge is -2.11. The Balaban J connectivity index is 1.71. The number of hydrogen-bond donors (Lipinski definition) is 1. The molecule has 0 aliphatic carbocycles. The Bertz CT molecular complexity index is 1230. The molecule has 0 aliphatic rings. The van der Waals surface area contributed by atoms with Crippen molar-refractivity contribution < 1.29 is 13.9 Å². The third-order valence-electron chi connectivity index (χ3n) is 4.64. The fourth-order valence-corrected chi connectivity index (χ4v) is 3.29. The highest BCUT2D eigenvalue weighted by molar-refractivity contribution is 5.78. The molecule has 2 aromatic heterocycles. The van der Waals surface area contributed by atoms with Gasteiger partial charge in [-0.05, 0) is 48.4 Å². The van der Waals surface area contributed by atoms with Gasteiger partial charge < -0.3 is 14.5 Å². The van der Waals surface area contributed by atoms with E-state index in [0.717, 1.165) is 11.1 Å². The van der Waals surface area contributed by atoms with Crippen molar-refractivity contribution in [1.29, 1.82) is 0 Å². The number of nitrogens with one attached hydrogen (secondary N) is 1. The normalized spacial score (nSPS) is 11.0. The molecule has 0 atom stereocenters. The van der Waals surface area contributed by atoms with Gasteiger partial charge in [-0.3, -0.25) is 4.57 Å². The molecule has 2 heterocycles. The monoisotopic (exact) mass is 393 g/mol. The largest absolute Gasteiger partial charge is 0.493 e. The summed E-state index contributed by atoms with van der Waals surface area (Å²) in [6.45, 7) is 2.74. The topological polar surface area (TPSA) is 69.1 Å². The zero-order valence-electron chi connectivity index (χ0n) is 16.1. The number of rotatable bonds is 6. The van der Waals surface area contributed by atoms with Crippen LogP contribution in [0.2, 0.25) is 0 Å². The maximum atomic E-state index is 13.5. The minimum atomic E-state index is -0.321. The third kappa shape index (κ3) is 3.71. The number of fused-ring (bicyclic) bond motifs is 1. The van der Waals surface area contributed by atoms with Crippen molar-refractivity contribution in [3.8, 4) is 22.6 Å². The summed E-state index contributed by atoms with van der Waals surface area (Å²) in [6.07, 6.45) is 1.64. The fourth-order valence-electron chi connectivity index (χ4n) is 3.29. The van der Waals surface area contributed by atoms with Crippen LogP contribution in [0.25, 0.3) is 22.3 Å². The summed E-state index contributed by atoms with van der Waals surface area (Å²) in [7, 11) is 1.59. The number of aromatic nitrogens is 3. The van der Waals surface area contributed by atoms with Gasteiger partial charge in [0.15, 0.2) is 17.1 Å². The zero-order chi connectivity index (χ0) is 20.4. The third-order valence-corrected chi connectivity index (χ3v) is 4.64. The van der Waals surface area contributed by atoms with Gasteiger partial charge in [-0.25, -0.2) is 14.2 Å². The average molecular weight is 393 g/mol. The first-order valence-corrected chi connectivity index (χ1v) is 9.23. The van der Waals surface area contributed by atoms with Crippen molar-refractivity contribution in [3.63, 3.8) is 0 Å². The van der Waals surface area contributed by atoms with Crippen LogP contribution in [0.4, 0.5) is 4.39 Å². The fraction of sp³-hybridized carbons (Fsp3) is 0.182. The highest BCUT2D eigenvalue weighted by atomic mass is 19.1. The molecule has 4 aromatic rings. The van der Waals surface area contributed by atoms with Gasteiger partial charge in [0.25, 0.3) is 0 Å². The van der Waals surface area contributed by atoms with Crippen molar-refractivity contribution in [2.75, 3.05) is 13.7 Å². The van der Waals surface area contributed by atoms with E-state index in [-0.39, 0.29) is 11.5 Å². The highest BCUT2D eigenvalue weighted by Crippen LogP contribution is 2.29. The summed E-state index contributed by atoms with van der Waals surface area (Å²) >= 11 is 0. The lowest BCUT2D eigenvalue weighted by molar-refractivity contribution is 0.310. The van der Waals surface area contributed by atoms with E-state index in [1.807, 2.05) is 25.1 Å². The zero-order valence-corrected chi connectivity index (χ0v) is 16.1. The molecular formula is C22H20FN3O3.